The summed E-state index contributed by atoms with van der Waals surface area (Å²) in [7, 11) is 1.77. The fourth-order valence-electron chi connectivity index (χ4n) is 3.46. The van der Waals surface area contributed by atoms with Crippen LogP contribution in [0.4, 0.5) is 5.82 Å². The second kappa shape index (κ2) is 8.34. The lowest BCUT2D eigenvalue weighted by Crippen LogP contribution is -2.44. The summed E-state index contributed by atoms with van der Waals surface area (Å²) in [6, 6.07) is 14.2. The van der Waals surface area contributed by atoms with Crippen molar-refractivity contribution in [2.24, 2.45) is 0 Å². The van der Waals surface area contributed by atoms with E-state index >= 15 is 0 Å². The van der Waals surface area contributed by atoms with E-state index in [0.717, 1.165) is 32.2 Å². The van der Waals surface area contributed by atoms with Gasteiger partial charge in [0.25, 0.3) is 5.91 Å². The predicted octanol–water partition coefficient (Wildman–Crippen LogP) is 4.40. The molecule has 0 radical (unpaired) electrons. The second-order valence-corrected chi connectivity index (χ2v) is 6.87. The molecule has 1 saturated heterocycles. The molecule has 1 aromatic carbocycles. The van der Waals surface area contributed by atoms with Gasteiger partial charge >= 0.3 is 0 Å². The highest BCUT2D eigenvalue weighted by Gasteiger charge is 2.27. The molecule has 1 aliphatic heterocycles. The van der Waals surface area contributed by atoms with E-state index in [-0.39, 0.29) is 11.9 Å². The predicted molar refractivity (Wildman–Crippen MR) is 102 cm³/mol. The molecule has 0 spiro atoms. The zero-order chi connectivity index (χ0) is 17.6. The Balaban J connectivity index is 1.73. The van der Waals surface area contributed by atoms with Crippen molar-refractivity contribution >= 4 is 23.3 Å². The number of halogens is 1. The third-order valence-electron chi connectivity index (χ3n) is 4.79. The first kappa shape index (κ1) is 17.7. The maximum atomic E-state index is 13.1. The summed E-state index contributed by atoms with van der Waals surface area (Å²) < 4.78 is 0. The van der Waals surface area contributed by atoms with Crippen LogP contribution in [-0.4, -0.2) is 35.4 Å². The highest BCUT2D eigenvalue weighted by atomic mass is 35.5. The number of amides is 1. The number of piperidine rings is 1. The highest BCUT2D eigenvalue weighted by molar-refractivity contribution is 6.29. The van der Waals surface area contributed by atoms with Gasteiger partial charge in [-0.25, -0.2) is 4.98 Å². The SMILES string of the molecule is CNc1cc(C(=O)N2CCCC[C@H]2CCc2ccccc2)cc(Cl)n1. The summed E-state index contributed by atoms with van der Waals surface area (Å²) in [5.41, 5.74) is 1.93. The Hall–Kier alpha value is -2.07. The van der Waals surface area contributed by atoms with Crippen LogP contribution in [0, 0.1) is 0 Å². The van der Waals surface area contributed by atoms with Crippen LogP contribution in [0.5, 0.6) is 0 Å². The molecule has 0 unspecified atom stereocenters. The summed E-state index contributed by atoms with van der Waals surface area (Å²) in [5.74, 6) is 0.673. The zero-order valence-electron chi connectivity index (χ0n) is 14.5. The number of anilines is 1. The van der Waals surface area contributed by atoms with Crippen molar-refractivity contribution in [2.45, 2.75) is 38.1 Å². The molecule has 1 fully saturated rings. The summed E-state index contributed by atoms with van der Waals surface area (Å²) in [6.45, 7) is 0.813. The quantitative estimate of drug-likeness (QED) is 0.806. The Bertz CT molecular complexity index is 720. The van der Waals surface area contributed by atoms with Gasteiger partial charge < -0.3 is 10.2 Å². The van der Waals surface area contributed by atoms with Crippen LogP contribution in [0.3, 0.4) is 0 Å². The molecule has 1 N–H and O–H groups in total. The summed E-state index contributed by atoms with van der Waals surface area (Å²) in [5, 5.41) is 3.30. The smallest absolute Gasteiger partial charge is 0.254 e. The molecule has 1 aliphatic rings. The molecule has 0 aliphatic carbocycles. The van der Waals surface area contributed by atoms with Gasteiger partial charge in [0.1, 0.15) is 11.0 Å². The molecule has 1 aromatic heterocycles. The summed E-state index contributed by atoms with van der Waals surface area (Å²) >= 11 is 6.07. The fraction of sp³-hybridized carbons (Fsp3) is 0.400. The molecule has 1 atom stereocenters. The largest absolute Gasteiger partial charge is 0.373 e. The minimum absolute atomic E-state index is 0.0542. The van der Waals surface area contributed by atoms with Crippen LogP contribution < -0.4 is 5.32 Å². The van der Waals surface area contributed by atoms with Gasteiger partial charge in [-0.05, 0) is 49.8 Å². The Kier molecular flexibility index (Phi) is 5.92. The molecule has 0 bridgehead atoms. The number of likely N-dealkylation sites (tertiary alicyclic amines) is 1. The van der Waals surface area contributed by atoms with E-state index in [1.807, 2.05) is 11.0 Å². The van der Waals surface area contributed by atoms with Gasteiger partial charge in [-0.2, -0.15) is 0 Å². The van der Waals surface area contributed by atoms with Crippen molar-refractivity contribution < 1.29 is 4.79 Å². The van der Waals surface area contributed by atoms with Crippen LogP contribution >= 0.6 is 11.6 Å². The van der Waals surface area contributed by atoms with Crippen molar-refractivity contribution in [2.75, 3.05) is 18.9 Å². The second-order valence-electron chi connectivity index (χ2n) is 6.49. The lowest BCUT2D eigenvalue weighted by molar-refractivity contribution is 0.0602. The number of aromatic nitrogens is 1. The van der Waals surface area contributed by atoms with Crippen molar-refractivity contribution in [1.82, 2.24) is 9.88 Å². The van der Waals surface area contributed by atoms with Crippen LogP contribution in [-0.2, 0) is 6.42 Å². The molecular weight excluding hydrogens is 334 g/mol. The normalized spacial score (nSPS) is 17.4. The van der Waals surface area contributed by atoms with Gasteiger partial charge in [-0.15, -0.1) is 0 Å². The molecule has 5 heteroatoms. The van der Waals surface area contributed by atoms with E-state index in [1.165, 1.54) is 12.0 Å². The topological polar surface area (TPSA) is 45.2 Å². The standard InChI is InChI=1S/C20H24ClN3O/c1-22-19-14-16(13-18(21)23-19)20(25)24-12-6-5-9-17(24)11-10-15-7-3-2-4-8-15/h2-4,7-8,13-14,17H,5-6,9-12H2,1H3,(H,22,23)/t17-/m0/s1. The number of hydrogen-bond donors (Lipinski definition) is 1. The Labute approximate surface area is 154 Å². The number of hydrogen-bond acceptors (Lipinski definition) is 3. The van der Waals surface area contributed by atoms with E-state index in [9.17, 15) is 4.79 Å². The van der Waals surface area contributed by atoms with Gasteiger partial charge in [-0.3, -0.25) is 4.79 Å². The van der Waals surface area contributed by atoms with Crippen molar-refractivity contribution in [3.05, 3.63) is 58.7 Å². The molecular formula is C20H24ClN3O. The zero-order valence-corrected chi connectivity index (χ0v) is 15.3. The Morgan fingerprint density at radius 1 is 1.28 bits per heavy atom. The number of nitrogens with zero attached hydrogens (tertiary/aromatic N) is 2. The van der Waals surface area contributed by atoms with Crippen molar-refractivity contribution in [3.8, 4) is 0 Å². The van der Waals surface area contributed by atoms with E-state index in [4.69, 9.17) is 11.6 Å². The van der Waals surface area contributed by atoms with Crippen LogP contribution in [0.1, 0.15) is 41.6 Å². The number of benzene rings is 1. The van der Waals surface area contributed by atoms with Gasteiger partial charge in [-0.1, -0.05) is 41.9 Å². The van der Waals surface area contributed by atoms with E-state index in [2.05, 4.69) is 34.6 Å². The number of nitrogens with one attached hydrogen (secondary N) is 1. The average Bonchev–Trinajstić information content (AvgIpc) is 2.66. The molecule has 4 nitrogen and oxygen atoms in total. The van der Waals surface area contributed by atoms with Crippen molar-refractivity contribution in [3.63, 3.8) is 0 Å². The highest BCUT2D eigenvalue weighted by Crippen LogP contribution is 2.25. The third kappa shape index (κ3) is 4.51. The number of aryl methyl sites for hydroxylation is 1. The van der Waals surface area contributed by atoms with E-state index in [1.54, 1.807) is 19.2 Å². The average molecular weight is 358 g/mol. The Morgan fingerprint density at radius 2 is 2.08 bits per heavy atom. The first-order chi connectivity index (χ1) is 12.2. The van der Waals surface area contributed by atoms with Gasteiger partial charge in [0, 0.05) is 25.2 Å². The lowest BCUT2D eigenvalue weighted by Gasteiger charge is -2.36. The summed E-state index contributed by atoms with van der Waals surface area (Å²) in [6.07, 6.45) is 5.30. The fourth-order valence-corrected chi connectivity index (χ4v) is 3.67. The van der Waals surface area contributed by atoms with Gasteiger partial charge in [0.15, 0.2) is 0 Å². The van der Waals surface area contributed by atoms with Gasteiger partial charge in [0.2, 0.25) is 0 Å². The minimum Gasteiger partial charge on any atom is -0.373 e. The minimum atomic E-state index is 0.0542. The number of carbonyl (C=O) groups is 1. The molecule has 3 rings (SSSR count). The van der Waals surface area contributed by atoms with Crippen LogP contribution in [0.15, 0.2) is 42.5 Å². The molecule has 25 heavy (non-hydrogen) atoms. The lowest BCUT2D eigenvalue weighted by atomic mass is 9.95. The third-order valence-corrected chi connectivity index (χ3v) is 4.99. The Morgan fingerprint density at radius 3 is 2.84 bits per heavy atom. The number of pyridine rings is 1. The first-order valence-corrected chi connectivity index (χ1v) is 9.25. The molecule has 1 amide bonds. The number of carbonyl (C=O) groups excluding carboxylic acids is 1. The molecule has 132 valence electrons. The monoisotopic (exact) mass is 357 g/mol. The molecule has 0 saturated carbocycles. The van der Waals surface area contributed by atoms with Crippen LogP contribution in [0.25, 0.3) is 0 Å². The van der Waals surface area contributed by atoms with Crippen molar-refractivity contribution in [1.29, 1.82) is 0 Å². The van der Waals surface area contributed by atoms with Gasteiger partial charge in [0.05, 0.1) is 0 Å². The molecule has 2 heterocycles. The van der Waals surface area contributed by atoms with E-state index < -0.39 is 0 Å². The maximum absolute atomic E-state index is 13.1. The van der Waals surface area contributed by atoms with E-state index in [0.29, 0.717) is 16.5 Å². The summed E-state index contributed by atoms with van der Waals surface area (Å²) in [4.78, 5) is 19.2. The molecule has 2 aromatic rings. The number of rotatable bonds is 5. The van der Waals surface area contributed by atoms with Crippen LogP contribution in [0.2, 0.25) is 5.15 Å². The maximum Gasteiger partial charge on any atom is 0.254 e. The first-order valence-electron chi connectivity index (χ1n) is 8.87.